The predicted octanol–water partition coefficient (Wildman–Crippen LogP) is 16.5. The molecule has 0 aromatic heterocycles. The Hall–Kier alpha value is -7.59. The van der Waals surface area contributed by atoms with Crippen LogP contribution in [0.15, 0.2) is 228 Å². The Bertz CT molecular complexity index is 3380. The minimum Gasteiger partial charge on any atom is -0.341 e. The van der Waals surface area contributed by atoms with E-state index in [-0.39, 0.29) is 0 Å². The first-order valence-corrected chi connectivity index (χ1v) is 23.6. The van der Waals surface area contributed by atoms with Crippen LogP contribution in [0.5, 0.6) is 0 Å². The van der Waals surface area contributed by atoms with Gasteiger partial charge in [-0.05, 0) is 122 Å². The molecule has 308 valence electrons. The summed E-state index contributed by atoms with van der Waals surface area (Å²) < 4.78 is 0. The number of fused-ring (bicyclic) bond motifs is 8. The van der Waals surface area contributed by atoms with Gasteiger partial charge in [-0.1, -0.05) is 194 Å². The standard InChI is InChI=1S/C62H44N2S/c1-3-20-44(21-4-1)62(45-22-5-2-6-23-45)54-40-42(34-37-50(54)51-38-35-46(41-55(51)62)63-39-17-19-43-18-7-12-28-56(43)63)33-36-49-47-24-8-10-26-52(47)61(53-27-11-9-25-48(49)53)64-57-29-13-15-31-59(57)65-60-32-16-14-30-58(60)64/h1-16,18,20-38,40-41H,17,19,39H2/b36-33+. The topological polar surface area (TPSA) is 6.48 Å². The largest absolute Gasteiger partial charge is 0.341 e. The average molecular weight is 849 g/mol. The van der Waals surface area contributed by atoms with Crippen LogP contribution in [0.25, 0.3) is 44.8 Å². The molecule has 13 rings (SSSR count). The van der Waals surface area contributed by atoms with Crippen LogP contribution in [0.4, 0.5) is 28.4 Å². The summed E-state index contributed by atoms with van der Waals surface area (Å²) in [7, 11) is 0. The van der Waals surface area contributed by atoms with Crippen molar-refractivity contribution in [3.8, 4) is 11.1 Å². The first-order valence-electron chi connectivity index (χ1n) is 22.8. The van der Waals surface area contributed by atoms with Crippen molar-refractivity contribution < 1.29 is 0 Å². The van der Waals surface area contributed by atoms with Crippen LogP contribution in [-0.4, -0.2) is 6.54 Å². The number of aryl methyl sites for hydroxylation is 1. The van der Waals surface area contributed by atoms with E-state index in [0.29, 0.717) is 0 Å². The monoisotopic (exact) mass is 848 g/mol. The van der Waals surface area contributed by atoms with Crippen LogP contribution in [0, 0.1) is 0 Å². The Kier molecular flexibility index (Phi) is 8.92. The van der Waals surface area contributed by atoms with E-state index in [1.807, 2.05) is 11.8 Å². The van der Waals surface area contributed by atoms with Crippen LogP contribution in [0.3, 0.4) is 0 Å². The summed E-state index contributed by atoms with van der Waals surface area (Å²) in [6, 6.07) is 81.3. The molecule has 0 unspecified atom stereocenters. The third kappa shape index (κ3) is 5.89. The van der Waals surface area contributed by atoms with Gasteiger partial charge in [-0.25, -0.2) is 0 Å². The SMILES string of the molecule is C(=C\c1c2ccccc2c(N2c3ccccc3Sc3ccccc32)c2ccccc12)/c1ccc2c(c1)C(c1ccccc1)(c1ccccc1)c1cc(N3CCCc4ccccc43)ccc1-2. The Morgan fingerprint density at radius 2 is 0.969 bits per heavy atom. The number of anilines is 5. The third-order valence-electron chi connectivity index (χ3n) is 14.0. The molecule has 3 aliphatic rings. The summed E-state index contributed by atoms with van der Waals surface area (Å²) in [6.07, 6.45) is 6.97. The molecule has 65 heavy (non-hydrogen) atoms. The van der Waals surface area contributed by atoms with Gasteiger partial charge in [0.05, 0.1) is 22.5 Å². The van der Waals surface area contributed by atoms with E-state index in [1.165, 1.54) is 110 Å². The molecule has 0 saturated carbocycles. The fourth-order valence-electron chi connectivity index (χ4n) is 11.3. The highest BCUT2D eigenvalue weighted by molar-refractivity contribution is 7.99. The van der Waals surface area contributed by atoms with Crippen molar-refractivity contribution in [2.75, 3.05) is 16.3 Å². The maximum atomic E-state index is 2.54. The molecule has 2 aliphatic heterocycles. The number of benzene rings is 10. The molecule has 3 heteroatoms. The number of rotatable bonds is 6. The zero-order chi connectivity index (χ0) is 42.9. The maximum Gasteiger partial charge on any atom is 0.0714 e. The Labute approximate surface area is 384 Å². The van der Waals surface area contributed by atoms with Crippen molar-refractivity contribution in [1.82, 2.24) is 0 Å². The summed E-state index contributed by atoms with van der Waals surface area (Å²) in [4.78, 5) is 7.56. The lowest BCUT2D eigenvalue weighted by molar-refractivity contribution is 0.756. The fraction of sp³-hybridized carbons (Fsp3) is 0.0645. The second-order valence-electron chi connectivity index (χ2n) is 17.5. The van der Waals surface area contributed by atoms with Gasteiger partial charge in [0.25, 0.3) is 0 Å². The Morgan fingerprint density at radius 1 is 0.446 bits per heavy atom. The fourth-order valence-corrected chi connectivity index (χ4v) is 12.3. The van der Waals surface area contributed by atoms with Gasteiger partial charge in [0, 0.05) is 38.5 Å². The summed E-state index contributed by atoms with van der Waals surface area (Å²) >= 11 is 1.85. The molecule has 0 N–H and O–H groups in total. The Balaban J connectivity index is 0.997. The number of nitrogens with zero attached hydrogens (tertiary/aromatic N) is 2. The summed E-state index contributed by atoms with van der Waals surface area (Å²) in [5.74, 6) is 0. The zero-order valence-corrected chi connectivity index (χ0v) is 36.7. The van der Waals surface area contributed by atoms with Gasteiger partial charge < -0.3 is 9.80 Å². The lowest BCUT2D eigenvalue weighted by Crippen LogP contribution is -2.29. The van der Waals surface area contributed by atoms with Crippen LogP contribution in [0.1, 0.15) is 45.4 Å². The minimum absolute atomic E-state index is 0.525. The van der Waals surface area contributed by atoms with Crippen LogP contribution in [0.2, 0.25) is 0 Å². The van der Waals surface area contributed by atoms with Gasteiger partial charge in [-0.3, -0.25) is 0 Å². The molecule has 2 nitrogen and oxygen atoms in total. The van der Waals surface area contributed by atoms with E-state index in [1.54, 1.807) is 0 Å². The molecule has 0 bridgehead atoms. The molecule has 0 spiro atoms. The van der Waals surface area contributed by atoms with Crippen molar-refractivity contribution in [2.45, 2.75) is 28.0 Å². The molecule has 0 radical (unpaired) electrons. The summed E-state index contributed by atoms with van der Waals surface area (Å²) in [5, 5.41) is 4.92. The molecule has 10 aromatic carbocycles. The number of hydrogen-bond acceptors (Lipinski definition) is 3. The molecule has 0 fully saturated rings. The highest BCUT2D eigenvalue weighted by Gasteiger charge is 2.46. The van der Waals surface area contributed by atoms with E-state index in [4.69, 9.17) is 0 Å². The highest BCUT2D eigenvalue weighted by atomic mass is 32.2. The number of para-hydroxylation sites is 3. The first-order chi connectivity index (χ1) is 32.3. The van der Waals surface area contributed by atoms with Crippen molar-refractivity contribution in [3.05, 3.63) is 257 Å². The first kappa shape index (κ1) is 37.9. The maximum absolute atomic E-state index is 2.54. The normalized spacial score (nSPS) is 14.5. The summed E-state index contributed by atoms with van der Waals surface area (Å²) in [6.45, 7) is 1.00. The second-order valence-corrected chi connectivity index (χ2v) is 18.5. The lowest BCUT2D eigenvalue weighted by atomic mass is 9.67. The van der Waals surface area contributed by atoms with Crippen LogP contribution >= 0.6 is 11.8 Å². The van der Waals surface area contributed by atoms with Crippen LogP contribution < -0.4 is 9.80 Å². The van der Waals surface area contributed by atoms with Gasteiger partial charge in [-0.15, -0.1) is 0 Å². The molecule has 10 aromatic rings. The molecule has 0 saturated heterocycles. The lowest BCUT2D eigenvalue weighted by Gasteiger charge is -2.36. The van der Waals surface area contributed by atoms with Crippen molar-refractivity contribution in [1.29, 1.82) is 0 Å². The van der Waals surface area contributed by atoms with Crippen molar-refractivity contribution in [3.63, 3.8) is 0 Å². The smallest absolute Gasteiger partial charge is 0.0714 e. The van der Waals surface area contributed by atoms with Crippen molar-refractivity contribution in [2.24, 2.45) is 0 Å². The van der Waals surface area contributed by atoms with E-state index in [2.05, 4.69) is 240 Å². The quantitative estimate of drug-likeness (QED) is 0.122. The Morgan fingerprint density at radius 3 is 1.62 bits per heavy atom. The van der Waals surface area contributed by atoms with Gasteiger partial charge in [0.1, 0.15) is 0 Å². The third-order valence-corrected chi connectivity index (χ3v) is 15.2. The van der Waals surface area contributed by atoms with E-state index in [9.17, 15) is 0 Å². The molecule has 0 atom stereocenters. The molecule has 1 aliphatic carbocycles. The molecule has 2 heterocycles. The minimum atomic E-state index is -0.525. The molecular weight excluding hydrogens is 805 g/mol. The highest BCUT2D eigenvalue weighted by Crippen LogP contribution is 2.58. The van der Waals surface area contributed by atoms with Gasteiger partial charge in [-0.2, -0.15) is 0 Å². The van der Waals surface area contributed by atoms with Gasteiger partial charge in [0.2, 0.25) is 0 Å². The second kappa shape index (κ2) is 15.3. The van der Waals surface area contributed by atoms with E-state index < -0.39 is 5.41 Å². The van der Waals surface area contributed by atoms with Crippen molar-refractivity contribution >= 4 is 73.9 Å². The van der Waals surface area contributed by atoms with E-state index >= 15 is 0 Å². The van der Waals surface area contributed by atoms with Gasteiger partial charge in [0.15, 0.2) is 0 Å². The molecular formula is C62H44N2S. The number of hydrogen-bond donors (Lipinski definition) is 0. The average Bonchev–Trinajstić information content (AvgIpc) is 3.67. The summed E-state index contributed by atoms with van der Waals surface area (Å²) in [5.41, 5.74) is 17.3. The zero-order valence-electron chi connectivity index (χ0n) is 35.9. The van der Waals surface area contributed by atoms with E-state index in [0.717, 1.165) is 19.4 Å². The predicted molar refractivity (Wildman–Crippen MR) is 275 cm³/mol. The molecule has 0 amide bonds. The van der Waals surface area contributed by atoms with Crippen LogP contribution in [-0.2, 0) is 11.8 Å². The van der Waals surface area contributed by atoms with Gasteiger partial charge >= 0.3 is 0 Å².